The summed E-state index contributed by atoms with van der Waals surface area (Å²) in [5.41, 5.74) is 1.09. The van der Waals surface area contributed by atoms with Crippen molar-refractivity contribution >= 4 is 27.3 Å². The second-order valence-electron chi connectivity index (χ2n) is 4.47. The number of nitrogens with zero attached hydrogens (tertiary/aromatic N) is 1. The van der Waals surface area contributed by atoms with E-state index in [0.717, 1.165) is 29.0 Å². The van der Waals surface area contributed by atoms with Crippen LogP contribution in [0, 0.1) is 0 Å². The number of halogens is 1. The number of hydrogen-bond acceptors (Lipinski definition) is 4. The number of rotatable bonds is 6. The number of hydrogen-bond donors (Lipinski definition) is 1. The summed E-state index contributed by atoms with van der Waals surface area (Å²) in [4.78, 5) is 5.59. The van der Waals surface area contributed by atoms with Crippen LogP contribution in [0.25, 0.3) is 0 Å². The summed E-state index contributed by atoms with van der Waals surface area (Å²) in [6.45, 7) is 5.63. The maximum absolute atomic E-state index is 5.70. The highest BCUT2D eigenvalue weighted by molar-refractivity contribution is 9.10. The lowest BCUT2D eigenvalue weighted by Gasteiger charge is -2.13. The van der Waals surface area contributed by atoms with Crippen LogP contribution in [0.1, 0.15) is 24.3 Å². The smallest absolute Gasteiger partial charge is 0.218 e. The SMILES string of the molecule is CC(C)Oc1ncccc1CNCc1cc(Br)cs1. The number of nitrogens with one attached hydrogen (secondary N) is 1. The largest absolute Gasteiger partial charge is 0.475 e. The topological polar surface area (TPSA) is 34.1 Å². The number of thiophene rings is 1. The number of ether oxygens (including phenoxy) is 1. The zero-order valence-corrected chi connectivity index (χ0v) is 13.4. The van der Waals surface area contributed by atoms with Gasteiger partial charge in [-0.2, -0.15) is 0 Å². The third kappa shape index (κ3) is 4.60. The van der Waals surface area contributed by atoms with Gasteiger partial charge in [-0.15, -0.1) is 11.3 Å². The van der Waals surface area contributed by atoms with Gasteiger partial charge in [-0.25, -0.2) is 4.98 Å². The first-order chi connectivity index (χ1) is 9.15. The van der Waals surface area contributed by atoms with E-state index in [2.05, 4.69) is 37.7 Å². The molecule has 0 saturated carbocycles. The summed E-state index contributed by atoms with van der Waals surface area (Å²) in [6.07, 6.45) is 1.90. The van der Waals surface area contributed by atoms with Crippen molar-refractivity contribution < 1.29 is 4.74 Å². The van der Waals surface area contributed by atoms with E-state index in [9.17, 15) is 0 Å². The highest BCUT2D eigenvalue weighted by Crippen LogP contribution is 2.20. The van der Waals surface area contributed by atoms with Gasteiger partial charge in [0.2, 0.25) is 5.88 Å². The molecule has 2 aromatic heterocycles. The predicted octanol–water partition coefficient (Wildman–Crippen LogP) is 3.98. The standard InChI is InChI=1S/C14H17BrN2OS/c1-10(2)18-14-11(4-3-5-17-14)7-16-8-13-6-12(15)9-19-13/h3-6,9-10,16H,7-8H2,1-2H3. The van der Waals surface area contributed by atoms with Gasteiger partial charge in [-0.05, 0) is 41.9 Å². The molecule has 0 radical (unpaired) electrons. The Kier molecular flexibility index (Phi) is 5.36. The molecule has 0 aliphatic rings. The van der Waals surface area contributed by atoms with Crippen molar-refractivity contribution in [2.45, 2.75) is 33.0 Å². The molecule has 0 unspecified atom stereocenters. The second-order valence-corrected chi connectivity index (χ2v) is 6.38. The van der Waals surface area contributed by atoms with Gasteiger partial charge in [0.05, 0.1) is 6.10 Å². The Hall–Kier alpha value is -0.910. The van der Waals surface area contributed by atoms with Crippen LogP contribution in [0.3, 0.4) is 0 Å². The molecule has 0 saturated heterocycles. The Morgan fingerprint density at radius 2 is 2.26 bits per heavy atom. The van der Waals surface area contributed by atoms with E-state index < -0.39 is 0 Å². The molecule has 0 amide bonds. The first kappa shape index (κ1) is 14.5. The molecule has 2 heterocycles. The summed E-state index contributed by atoms with van der Waals surface area (Å²) in [7, 11) is 0. The molecule has 0 bridgehead atoms. The van der Waals surface area contributed by atoms with Crippen LogP contribution in [0.15, 0.2) is 34.2 Å². The lowest BCUT2D eigenvalue weighted by molar-refractivity contribution is 0.229. The molecule has 0 fully saturated rings. The normalized spacial score (nSPS) is 10.9. The van der Waals surface area contributed by atoms with Crippen LogP contribution in [0.2, 0.25) is 0 Å². The Balaban J connectivity index is 1.92. The molecular weight excluding hydrogens is 324 g/mol. The highest BCUT2D eigenvalue weighted by Gasteiger charge is 2.06. The molecular formula is C14H17BrN2OS. The average Bonchev–Trinajstić information content (AvgIpc) is 2.77. The third-order valence-corrected chi connectivity index (χ3v) is 4.13. The predicted molar refractivity (Wildman–Crippen MR) is 82.6 cm³/mol. The molecule has 0 aliphatic carbocycles. The van der Waals surface area contributed by atoms with Crippen LogP contribution in [0.5, 0.6) is 5.88 Å². The molecule has 1 N–H and O–H groups in total. The van der Waals surface area contributed by atoms with E-state index >= 15 is 0 Å². The maximum atomic E-state index is 5.70. The van der Waals surface area contributed by atoms with Gasteiger partial charge >= 0.3 is 0 Å². The fraction of sp³-hybridized carbons (Fsp3) is 0.357. The summed E-state index contributed by atoms with van der Waals surface area (Å²) < 4.78 is 6.83. The van der Waals surface area contributed by atoms with E-state index in [0.29, 0.717) is 0 Å². The summed E-state index contributed by atoms with van der Waals surface area (Å²) in [5.74, 6) is 0.720. The molecule has 3 nitrogen and oxygen atoms in total. The second kappa shape index (κ2) is 7.03. The fourth-order valence-corrected chi connectivity index (χ4v) is 3.08. The zero-order valence-electron chi connectivity index (χ0n) is 11.0. The average molecular weight is 341 g/mol. The fourth-order valence-electron chi connectivity index (χ4n) is 1.65. The van der Waals surface area contributed by atoms with Gasteiger partial charge in [0.15, 0.2) is 0 Å². The summed E-state index contributed by atoms with van der Waals surface area (Å²) in [5, 5.41) is 5.51. The molecule has 0 aromatic carbocycles. The van der Waals surface area contributed by atoms with Crippen molar-refractivity contribution in [2.24, 2.45) is 0 Å². The van der Waals surface area contributed by atoms with Gasteiger partial charge in [-0.3, -0.25) is 0 Å². The third-order valence-electron chi connectivity index (χ3n) is 2.43. The molecule has 0 spiro atoms. The van der Waals surface area contributed by atoms with Crippen molar-refractivity contribution in [3.05, 3.63) is 44.7 Å². The van der Waals surface area contributed by atoms with Crippen LogP contribution < -0.4 is 10.1 Å². The van der Waals surface area contributed by atoms with E-state index in [4.69, 9.17) is 4.74 Å². The van der Waals surface area contributed by atoms with Gasteiger partial charge < -0.3 is 10.1 Å². The van der Waals surface area contributed by atoms with Gasteiger partial charge in [0.1, 0.15) is 0 Å². The van der Waals surface area contributed by atoms with Gasteiger partial charge in [0.25, 0.3) is 0 Å². The minimum absolute atomic E-state index is 0.141. The molecule has 0 aliphatic heterocycles. The number of pyridine rings is 1. The lowest BCUT2D eigenvalue weighted by atomic mass is 10.2. The van der Waals surface area contributed by atoms with E-state index in [1.807, 2.05) is 26.0 Å². The van der Waals surface area contributed by atoms with Crippen LogP contribution in [-0.4, -0.2) is 11.1 Å². The molecule has 5 heteroatoms. The molecule has 2 aromatic rings. The minimum Gasteiger partial charge on any atom is -0.475 e. The quantitative estimate of drug-likeness (QED) is 0.863. The van der Waals surface area contributed by atoms with Crippen LogP contribution >= 0.6 is 27.3 Å². The van der Waals surface area contributed by atoms with E-state index in [1.165, 1.54) is 4.88 Å². The first-order valence-corrected chi connectivity index (χ1v) is 7.86. The Morgan fingerprint density at radius 1 is 1.42 bits per heavy atom. The molecule has 0 atom stereocenters. The molecule has 19 heavy (non-hydrogen) atoms. The van der Waals surface area contributed by atoms with Crippen molar-refractivity contribution in [3.63, 3.8) is 0 Å². The first-order valence-electron chi connectivity index (χ1n) is 6.19. The lowest BCUT2D eigenvalue weighted by Crippen LogP contribution is -2.15. The van der Waals surface area contributed by atoms with Crippen LogP contribution in [0.4, 0.5) is 0 Å². The minimum atomic E-state index is 0.141. The van der Waals surface area contributed by atoms with E-state index in [1.54, 1.807) is 17.5 Å². The Bertz CT molecular complexity index is 528. The summed E-state index contributed by atoms with van der Waals surface area (Å²) in [6, 6.07) is 6.11. The van der Waals surface area contributed by atoms with Crippen molar-refractivity contribution in [1.82, 2.24) is 10.3 Å². The van der Waals surface area contributed by atoms with Gasteiger partial charge in [0, 0.05) is 39.6 Å². The van der Waals surface area contributed by atoms with E-state index in [-0.39, 0.29) is 6.10 Å². The summed E-state index contributed by atoms with van der Waals surface area (Å²) >= 11 is 5.20. The van der Waals surface area contributed by atoms with Crippen LogP contribution in [-0.2, 0) is 13.1 Å². The zero-order chi connectivity index (χ0) is 13.7. The Labute approximate surface area is 126 Å². The van der Waals surface area contributed by atoms with Crippen molar-refractivity contribution in [2.75, 3.05) is 0 Å². The molecule has 102 valence electrons. The number of aromatic nitrogens is 1. The monoisotopic (exact) mass is 340 g/mol. The molecule has 2 rings (SSSR count). The van der Waals surface area contributed by atoms with Crippen molar-refractivity contribution in [1.29, 1.82) is 0 Å². The Morgan fingerprint density at radius 3 is 2.95 bits per heavy atom. The maximum Gasteiger partial charge on any atom is 0.218 e. The van der Waals surface area contributed by atoms with Gasteiger partial charge in [-0.1, -0.05) is 6.07 Å². The van der Waals surface area contributed by atoms with Crippen molar-refractivity contribution in [3.8, 4) is 5.88 Å². The highest BCUT2D eigenvalue weighted by atomic mass is 79.9.